The summed E-state index contributed by atoms with van der Waals surface area (Å²) in [7, 11) is 0. The molecule has 2 nitrogen and oxygen atoms in total. The summed E-state index contributed by atoms with van der Waals surface area (Å²) in [5.41, 5.74) is 6.25. The quantitative estimate of drug-likeness (QED) is 0.655. The van der Waals surface area contributed by atoms with Gasteiger partial charge >= 0.3 is 0 Å². The number of rotatable bonds is 3. The van der Waals surface area contributed by atoms with Gasteiger partial charge < -0.3 is 10.6 Å². The lowest BCUT2D eigenvalue weighted by atomic mass is 10.1. The minimum Gasteiger partial charge on any atom is -0.357 e. The first-order valence-corrected chi connectivity index (χ1v) is 5.99. The average Bonchev–Trinajstić information content (AvgIpc) is 2.84. The third-order valence-corrected chi connectivity index (χ3v) is 4.29. The molecule has 2 aliphatic rings. The van der Waals surface area contributed by atoms with Gasteiger partial charge in [-0.2, -0.15) is 0 Å². The van der Waals surface area contributed by atoms with Crippen molar-refractivity contribution in [2.24, 2.45) is 11.3 Å². The Labute approximate surface area is 91.1 Å². The molecule has 3 rings (SSSR count). The van der Waals surface area contributed by atoms with Crippen molar-refractivity contribution in [2.75, 3.05) is 19.6 Å². The van der Waals surface area contributed by atoms with E-state index >= 15 is 0 Å². The highest BCUT2D eigenvalue weighted by atomic mass is 15.2. The molecular formula is C13H20N2+2. The molecule has 1 unspecified atom stereocenters. The first-order chi connectivity index (χ1) is 7.32. The van der Waals surface area contributed by atoms with Gasteiger partial charge in [0.1, 0.15) is 6.54 Å². The third kappa shape index (κ3) is 1.58. The minimum atomic E-state index is 0.657. The zero-order valence-corrected chi connectivity index (χ0v) is 9.21. The van der Waals surface area contributed by atoms with E-state index in [2.05, 4.69) is 36.1 Å². The number of hydrogen-bond donors (Lipinski definition) is 2. The summed E-state index contributed by atoms with van der Waals surface area (Å²) in [5.74, 6) is 0.994. The van der Waals surface area contributed by atoms with Crippen molar-refractivity contribution >= 4 is 0 Å². The molecular weight excluding hydrogens is 184 g/mol. The number of fused-ring (bicyclic) bond motifs is 1. The Morgan fingerprint density at radius 3 is 2.80 bits per heavy atom. The van der Waals surface area contributed by atoms with Crippen LogP contribution in [0.1, 0.15) is 12.0 Å². The number of piperidine rings is 1. The summed E-state index contributed by atoms with van der Waals surface area (Å²) in [6.45, 7) is 5.09. The molecule has 1 heterocycles. The second kappa shape index (κ2) is 3.32. The highest BCUT2D eigenvalue weighted by Gasteiger charge is 2.63. The van der Waals surface area contributed by atoms with Crippen LogP contribution in [0.3, 0.4) is 0 Å². The molecule has 1 saturated heterocycles. The minimum absolute atomic E-state index is 0.657. The standard InChI is InChI=1S/C13H18N2/c14-9-13-6-12(13)8-15(10-13)7-11-4-2-1-3-5-11/h1-5,12H,6-10,14H2/p+2/t12-,13-/m0/s1. The van der Waals surface area contributed by atoms with Crippen molar-refractivity contribution in [1.29, 1.82) is 0 Å². The fraction of sp³-hybridized carbons (Fsp3) is 0.538. The predicted octanol–water partition coefficient (Wildman–Crippen LogP) is -0.667. The van der Waals surface area contributed by atoms with Crippen molar-refractivity contribution in [3.63, 3.8) is 0 Å². The molecule has 1 aliphatic heterocycles. The van der Waals surface area contributed by atoms with Gasteiger partial charge in [-0.1, -0.05) is 30.3 Å². The van der Waals surface area contributed by atoms with Gasteiger partial charge in [0.15, 0.2) is 0 Å². The van der Waals surface area contributed by atoms with Crippen LogP contribution in [0.15, 0.2) is 30.3 Å². The number of nitrogens with one attached hydrogen (secondary N) is 1. The maximum Gasteiger partial charge on any atom is 0.103 e. The topological polar surface area (TPSA) is 32.1 Å². The van der Waals surface area contributed by atoms with Gasteiger partial charge in [-0.15, -0.1) is 0 Å². The van der Waals surface area contributed by atoms with Crippen LogP contribution in [0.5, 0.6) is 0 Å². The van der Waals surface area contributed by atoms with Gasteiger partial charge in [0, 0.05) is 11.5 Å². The maximum atomic E-state index is 4.11. The molecule has 2 heteroatoms. The maximum absolute atomic E-state index is 4.11. The van der Waals surface area contributed by atoms with E-state index in [-0.39, 0.29) is 0 Å². The van der Waals surface area contributed by atoms with Crippen LogP contribution in [-0.2, 0) is 6.54 Å². The van der Waals surface area contributed by atoms with Crippen molar-refractivity contribution < 1.29 is 10.6 Å². The van der Waals surface area contributed by atoms with Gasteiger partial charge in [-0.05, 0) is 6.42 Å². The fourth-order valence-electron chi connectivity index (χ4n) is 3.27. The van der Waals surface area contributed by atoms with E-state index in [4.69, 9.17) is 0 Å². The Hall–Kier alpha value is -0.860. The lowest BCUT2D eigenvalue weighted by molar-refractivity contribution is -0.908. The van der Waals surface area contributed by atoms with Crippen LogP contribution in [-0.4, -0.2) is 19.6 Å². The van der Waals surface area contributed by atoms with Crippen LogP contribution in [0.25, 0.3) is 0 Å². The highest BCUT2D eigenvalue weighted by Crippen LogP contribution is 2.51. The zero-order chi connectivity index (χ0) is 10.3. The summed E-state index contributed by atoms with van der Waals surface area (Å²) >= 11 is 0. The normalized spacial score (nSPS) is 37.7. The van der Waals surface area contributed by atoms with Crippen LogP contribution in [0.4, 0.5) is 0 Å². The molecule has 1 aromatic rings. The van der Waals surface area contributed by atoms with Crippen LogP contribution in [0, 0.1) is 11.3 Å². The number of likely N-dealkylation sites (tertiary alicyclic amines) is 1. The summed E-state index contributed by atoms with van der Waals surface area (Å²) in [4.78, 5) is 1.76. The van der Waals surface area contributed by atoms with Gasteiger partial charge in [-0.25, -0.2) is 0 Å². The molecule has 0 amide bonds. The molecule has 1 aliphatic carbocycles. The Kier molecular flexibility index (Phi) is 2.08. The first-order valence-electron chi connectivity index (χ1n) is 5.99. The van der Waals surface area contributed by atoms with Crippen molar-refractivity contribution in [1.82, 2.24) is 0 Å². The Morgan fingerprint density at radius 2 is 2.13 bits per heavy atom. The van der Waals surface area contributed by atoms with Crippen LogP contribution < -0.4 is 10.6 Å². The van der Waals surface area contributed by atoms with Crippen LogP contribution in [0.2, 0.25) is 0 Å². The van der Waals surface area contributed by atoms with Gasteiger partial charge in [0.25, 0.3) is 0 Å². The number of hydrogen-bond acceptors (Lipinski definition) is 0. The van der Waals surface area contributed by atoms with Crippen molar-refractivity contribution in [3.05, 3.63) is 35.9 Å². The molecule has 15 heavy (non-hydrogen) atoms. The van der Waals surface area contributed by atoms with E-state index < -0.39 is 0 Å². The summed E-state index contributed by atoms with van der Waals surface area (Å²) in [6.07, 6.45) is 1.45. The molecule has 0 radical (unpaired) electrons. The van der Waals surface area contributed by atoms with E-state index in [0.29, 0.717) is 5.41 Å². The molecule has 3 atom stereocenters. The van der Waals surface area contributed by atoms with E-state index in [0.717, 1.165) is 12.5 Å². The second-order valence-corrected chi connectivity index (χ2v) is 5.31. The summed E-state index contributed by atoms with van der Waals surface area (Å²) in [5, 5.41) is 0. The number of benzene rings is 1. The highest BCUT2D eigenvalue weighted by molar-refractivity contribution is 5.13. The van der Waals surface area contributed by atoms with Crippen LogP contribution >= 0.6 is 0 Å². The lowest BCUT2D eigenvalue weighted by Gasteiger charge is -2.16. The predicted molar refractivity (Wildman–Crippen MR) is 59.1 cm³/mol. The Bertz CT molecular complexity index is 345. The molecule has 0 bridgehead atoms. The molecule has 4 N–H and O–H groups in total. The molecule has 0 aromatic heterocycles. The average molecular weight is 204 g/mol. The SMILES string of the molecule is [NH3+]C[C@]12C[C@H]1C[NH+](Cc1ccccc1)C2. The van der Waals surface area contributed by atoms with Gasteiger partial charge in [0.05, 0.1) is 25.0 Å². The van der Waals surface area contributed by atoms with Crippen molar-refractivity contribution in [3.8, 4) is 0 Å². The second-order valence-electron chi connectivity index (χ2n) is 5.31. The Balaban J connectivity index is 1.63. The lowest BCUT2D eigenvalue weighted by Crippen LogP contribution is -3.10. The monoisotopic (exact) mass is 204 g/mol. The molecule has 1 aromatic carbocycles. The van der Waals surface area contributed by atoms with Crippen molar-refractivity contribution in [2.45, 2.75) is 13.0 Å². The van der Waals surface area contributed by atoms with E-state index in [9.17, 15) is 0 Å². The fourth-order valence-corrected chi connectivity index (χ4v) is 3.27. The van der Waals surface area contributed by atoms with E-state index in [1.165, 1.54) is 31.6 Å². The molecule has 0 spiro atoms. The van der Waals surface area contributed by atoms with E-state index in [1.807, 2.05) is 0 Å². The first kappa shape index (κ1) is 9.37. The smallest absolute Gasteiger partial charge is 0.103 e. The molecule has 2 fully saturated rings. The molecule has 80 valence electrons. The largest absolute Gasteiger partial charge is 0.357 e. The number of quaternary nitrogens is 2. The third-order valence-electron chi connectivity index (χ3n) is 4.29. The Morgan fingerprint density at radius 1 is 1.33 bits per heavy atom. The van der Waals surface area contributed by atoms with E-state index in [1.54, 1.807) is 4.90 Å². The summed E-state index contributed by atoms with van der Waals surface area (Å²) in [6, 6.07) is 10.9. The van der Waals surface area contributed by atoms with Gasteiger partial charge in [-0.3, -0.25) is 0 Å². The zero-order valence-electron chi connectivity index (χ0n) is 9.21. The summed E-state index contributed by atoms with van der Waals surface area (Å²) < 4.78 is 0. The van der Waals surface area contributed by atoms with Gasteiger partial charge in [0.2, 0.25) is 0 Å². The molecule has 1 saturated carbocycles.